The van der Waals surface area contributed by atoms with Gasteiger partial charge in [0.1, 0.15) is 11.6 Å². The number of carbonyl (C=O) groups excluding carboxylic acids is 4. The third kappa shape index (κ3) is 8.56. The van der Waals surface area contributed by atoms with Gasteiger partial charge in [0, 0.05) is 29.9 Å². The van der Waals surface area contributed by atoms with E-state index in [4.69, 9.17) is 0 Å². The van der Waals surface area contributed by atoms with Gasteiger partial charge in [-0.25, -0.2) is 0 Å². The van der Waals surface area contributed by atoms with E-state index in [2.05, 4.69) is 32.9 Å². The van der Waals surface area contributed by atoms with Crippen molar-refractivity contribution in [3.63, 3.8) is 0 Å². The lowest BCUT2D eigenvalue weighted by Crippen LogP contribution is -2.30. The molecule has 0 saturated carbocycles. The second-order valence-corrected chi connectivity index (χ2v) is 11.7. The lowest BCUT2D eigenvalue weighted by Gasteiger charge is -2.32. The molecule has 0 spiro atoms. The molecule has 0 radical (unpaired) electrons. The van der Waals surface area contributed by atoms with Crippen LogP contribution in [0.4, 0.5) is 0 Å². The number of ketones is 4. The minimum Gasteiger partial charge on any atom is -0.300 e. The molecular formula is C36H50O4. The number of fused-ring (bicyclic) bond motifs is 1. The molecule has 1 aliphatic rings. The molecule has 0 amide bonds. The van der Waals surface area contributed by atoms with Crippen molar-refractivity contribution in [2.75, 3.05) is 0 Å². The molecule has 4 heteroatoms. The number of hydrogen-bond acceptors (Lipinski definition) is 4. The highest BCUT2D eigenvalue weighted by molar-refractivity contribution is 6.03. The zero-order valence-corrected chi connectivity index (χ0v) is 26.1. The number of rotatable bonds is 12. The maximum Gasteiger partial charge on any atom is 0.163 e. The van der Waals surface area contributed by atoms with Gasteiger partial charge in [-0.05, 0) is 91.8 Å². The number of hydrogen-bond donors (Lipinski definition) is 0. The van der Waals surface area contributed by atoms with Crippen molar-refractivity contribution >= 4 is 23.1 Å². The summed E-state index contributed by atoms with van der Waals surface area (Å²) in [5.41, 5.74) is 6.63. The van der Waals surface area contributed by atoms with Crippen molar-refractivity contribution in [3.05, 3.63) is 58.1 Å². The molecule has 2 aromatic rings. The number of Topliss-reactive ketones (excluding diaryl/α,β-unsaturated/α-hetero) is 4. The molecule has 0 aliphatic heterocycles. The molecule has 4 nitrogen and oxygen atoms in total. The zero-order chi connectivity index (χ0) is 30.0. The van der Waals surface area contributed by atoms with E-state index in [9.17, 15) is 19.2 Å². The minimum atomic E-state index is -0.142. The van der Waals surface area contributed by atoms with E-state index in [1.807, 2.05) is 45.9 Å². The summed E-state index contributed by atoms with van der Waals surface area (Å²) in [4.78, 5) is 50.5. The summed E-state index contributed by atoms with van der Waals surface area (Å²) in [6, 6.07) is 10.1. The number of benzene rings is 2. The summed E-state index contributed by atoms with van der Waals surface area (Å²) in [5.74, 6) is 0.418. The van der Waals surface area contributed by atoms with Crippen molar-refractivity contribution < 1.29 is 19.2 Å². The Labute approximate surface area is 242 Å². The van der Waals surface area contributed by atoms with Crippen molar-refractivity contribution in [2.24, 2.45) is 17.8 Å². The van der Waals surface area contributed by atoms with Gasteiger partial charge in [-0.15, -0.1) is 0 Å². The van der Waals surface area contributed by atoms with E-state index in [1.54, 1.807) is 0 Å². The van der Waals surface area contributed by atoms with Crippen LogP contribution in [0.2, 0.25) is 0 Å². The van der Waals surface area contributed by atoms with Gasteiger partial charge >= 0.3 is 0 Å². The van der Waals surface area contributed by atoms with Crippen LogP contribution in [0.5, 0.6) is 0 Å². The fraction of sp³-hybridized carbons (Fsp3) is 0.556. The first-order chi connectivity index (χ1) is 19.0. The first kappa shape index (κ1) is 33.3. The van der Waals surface area contributed by atoms with Crippen LogP contribution in [0, 0.1) is 31.6 Å². The van der Waals surface area contributed by atoms with E-state index < -0.39 is 0 Å². The highest BCUT2D eigenvalue weighted by Gasteiger charge is 2.34. The molecule has 1 aliphatic carbocycles. The summed E-state index contributed by atoms with van der Waals surface area (Å²) in [6.07, 6.45) is 6.38. The highest BCUT2D eigenvalue weighted by Crippen LogP contribution is 2.40. The quantitative estimate of drug-likeness (QED) is 0.197. The Kier molecular flexibility index (Phi) is 13.2. The average molecular weight is 547 g/mol. The van der Waals surface area contributed by atoms with Crippen molar-refractivity contribution in [2.45, 2.75) is 113 Å². The summed E-state index contributed by atoms with van der Waals surface area (Å²) in [7, 11) is 0. The second kappa shape index (κ2) is 15.8. The summed E-state index contributed by atoms with van der Waals surface area (Å²) < 4.78 is 0. The molecule has 0 saturated heterocycles. The topological polar surface area (TPSA) is 68.3 Å². The Morgan fingerprint density at radius 3 is 2.20 bits per heavy atom. The Morgan fingerprint density at radius 2 is 1.62 bits per heavy atom. The molecule has 0 fully saturated rings. The molecule has 0 aromatic heterocycles. The smallest absolute Gasteiger partial charge is 0.163 e. The first-order valence-electron chi connectivity index (χ1n) is 15.3. The van der Waals surface area contributed by atoms with Gasteiger partial charge in [-0.2, -0.15) is 0 Å². The van der Waals surface area contributed by atoms with Gasteiger partial charge in [-0.1, -0.05) is 72.1 Å². The molecule has 3 atom stereocenters. The molecule has 0 N–H and O–H groups in total. The fourth-order valence-electron chi connectivity index (χ4n) is 6.31. The Morgan fingerprint density at radius 1 is 0.950 bits per heavy atom. The molecule has 40 heavy (non-hydrogen) atoms. The summed E-state index contributed by atoms with van der Waals surface area (Å²) in [6.45, 7) is 15.8. The Balaban J connectivity index is 0.00000178. The molecule has 3 unspecified atom stereocenters. The number of carbonyl (C=O) groups is 4. The van der Waals surface area contributed by atoms with Crippen LogP contribution < -0.4 is 0 Å². The fourth-order valence-corrected chi connectivity index (χ4v) is 6.31. The van der Waals surface area contributed by atoms with Crippen molar-refractivity contribution in [1.82, 2.24) is 0 Å². The average Bonchev–Trinajstić information content (AvgIpc) is 2.88. The van der Waals surface area contributed by atoms with Gasteiger partial charge in [0.2, 0.25) is 0 Å². The van der Waals surface area contributed by atoms with E-state index in [0.717, 1.165) is 65.5 Å². The largest absolute Gasteiger partial charge is 0.300 e. The molecule has 3 rings (SSSR count). The van der Waals surface area contributed by atoms with Crippen molar-refractivity contribution in [3.8, 4) is 11.1 Å². The maximum absolute atomic E-state index is 13.5. The van der Waals surface area contributed by atoms with E-state index in [1.165, 1.54) is 13.3 Å². The summed E-state index contributed by atoms with van der Waals surface area (Å²) in [5, 5.41) is 0. The van der Waals surface area contributed by atoms with Gasteiger partial charge in [0.05, 0.1) is 6.42 Å². The van der Waals surface area contributed by atoms with E-state index in [0.29, 0.717) is 18.4 Å². The lowest BCUT2D eigenvalue weighted by molar-refractivity contribution is -0.129. The SMILES string of the molecule is CCC.CCCC(CC1CC(=O)c2c(C)ccc(-c3cc(C)cc(C(=O)CC)c3)c2C1)C(CC)C(=O)CC(C)=O. The van der Waals surface area contributed by atoms with Gasteiger partial charge < -0.3 is 0 Å². The molecule has 0 heterocycles. The maximum atomic E-state index is 13.5. The predicted molar refractivity (Wildman–Crippen MR) is 165 cm³/mol. The molecular weight excluding hydrogens is 496 g/mol. The second-order valence-electron chi connectivity index (χ2n) is 11.7. The molecule has 0 bridgehead atoms. The van der Waals surface area contributed by atoms with Crippen LogP contribution in [0.3, 0.4) is 0 Å². The zero-order valence-electron chi connectivity index (χ0n) is 26.1. The molecule has 218 valence electrons. The number of aryl methyl sites for hydroxylation is 2. The molecule has 2 aromatic carbocycles. The van der Waals surface area contributed by atoms with Gasteiger partial charge in [0.15, 0.2) is 11.6 Å². The van der Waals surface area contributed by atoms with Crippen LogP contribution in [0.15, 0.2) is 30.3 Å². The van der Waals surface area contributed by atoms with E-state index in [-0.39, 0.29) is 47.3 Å². The summed E-state index contributed by atoms with van der Waals surface area (Å²) >= 11 is 0. The predicted octanol–water partition coefficient (Wildman–Crippen LogP) is 9.11. The third-order valence-corrected chi connectivity index (χ3v) is 7.94. The monoisotopic (exact) mass is 546 g/mol. The lowest BCUT2D eigenvalue weighted by atomic mass is 9.71. The van der Waals surface area contributed by atoms with Crippen LogP contribution in [-0.2, 0) is 16.0 Å². The van der Waals surface area contributed by atoms with Gasteiger partial charge in [-0.3, -0.25) is 19.2 Å². The first-order valence-corrected chi connectivity index (χ1v) is 15.3. The van der Waals surface area contributed by atoms with Crippen LogP contribution in [0.1, 0.15) is 130 Å². The van der Waals surface area contributed by atoms with Crippen LogP contribution >= 0.6 is 0 Å². The normalized spacial score (nSPS) is 15.9. The minimum absolute atomic E-state index is 0.000661. The standard InChI is InChI=1S/C33H42O4.C3H8/c1-7-10-24(27(8-2)31(36)15-22(6)34)16-23-17-29-28(12-11-21(5)33(29)32(37)18-23)25-13-20(4)14-26(19-25)30(35)9-3;1-3-2/h11-14,19,23-24,27H,7-10,15-18H2,1-6H3;3H2,1-2H3. The van der Waals surface area contributed by atoms with Crippen LogP contribution in [0.25, 0.3) is 11.1 Å². The van der Waals surface area contributed by atoms with E-state index >= 15 is 0 Å². The highest BCUT2D eigenvalue weighted by atomic mass is 16.1. The Hall–Kier alpha value is -2.88. The van der Waals surface area contributed by atoms with Gasteiger partial charge in [0.25, 0.3) is 0 Å². The van der Waals surface area contributed by atoms with Crippen LogP contribution in [-0.4, -0.2) is 23.1 Å². The van der Waals surface area contributed by atoms with Crippen molar-refractivity contribution in [1.29, 1.82) is 0 Å². The third-order valence-electron chi connectivity index (χ3n) is 7.94. The Bertz CT molecular complexity index is 1210.